The zero-order valence-corrected chi connectivity index (χ0v) is 16.3. The Morgan fingerprint density at radius 3 is 2.70 bits per heavy atom. The van der Waals surface area contributed by atoms with Crippen molar-refractivity contribution < 1.29 is 17.9 Å². The van der Waals surface area contributed by atoms with Gasteiger partial charge in [0.1, 0.15) is 5.01 Å². The summed E-state index contributed by atoms with van der Waals surface area (Å²) in [7, 11) is -2.62. The molecule has 2 aromatic carbocycles. The maximum absolute atomic E-state index is 13.4. The fourth-order valence-electron chi connectivity index (χ4n) is 3.40. The lowest BCUT2D eigenvalue weighted by Gasteiger charge is -2.23. The summed E-state index contributed by atoms with van der Waals surface area (Å²) in [5.74, 6) is -0.662. The summed E-state index contributed by atoms with van der Waals surface area (Å²) >= 11 is 1.52. The molecule has 1 aliphatic heterocycles. The standard InChI is InChI=1S/C19H18N2O4S2/c1-25-19(22)13-7-2-5-11-17(13)27(23,24)21-12-6-9-15(21)18-20-14-8-3-4-10-16(14)26-18/h2-5,7-8,10-11,15H,6,9,12H2,1H3. The van der Waals surface area contributed by atoms with E-state index in [0.29, 0.717) is 13.0 Å². The first-order valence-corrected chi connectivity index (χ1v) is 10.8. The van der Waals surface area contributed by atoms with E-state index >= 15 is 0 Å². The number of hydrogen-bond donors (Lipinski definition) is 0. The number of fused-ring (bicyclic) bond motifs is 1. The summed E-state index contributed by atoms with van der Waals surface area (Å²) in [6.07, 6.45) is 1.46. The SMILES string of the molecule is COC(=O)c1ccccc1S(=O)(=O)N1CCCC1c1nc2ccccc2s1. The molecule has 3 aromatic rings. The zero-order valence-electron chi connectivity index (χ0n) is 14.7. The number of esters is 1. The summed E-state index contributed by atoms with van der Waals surface area (Å²) < 4.78 is 34.0. The van der Waals surface area contributed by atoms with Crippen LogP contribution in [-0.2, 0) is 14.8 Å². The predicted octanol–water partition coefficient (Wildman–Crippen LogP) is 3.61. The number of aromatic nitrogens is 1. The number of nitrogens with zero attached hydrogens (tertiary/aromatic N) is 2. The number of ether oxygens (including phenoxy) is 1. The molecular weight excluding hydrogens is 384 g/mol. The van der Waals surface area contributed by atoms with Gasteiger partial charge >= 0.3 is 5.97 Å². The maximum atomic E-state index is 13.4. The second-order valence-electron chi connectivity index (χ2n) is 6.28. The Bertz CT molecular complexity index is 1070. The molecule has 2 heterocycles. The Kier molecular flexibility index (Phi) is 4.71. The molecule has 1 unspecified atom stereocenters. The van der Waals surface area contributed by atoms with Gasteiger partial charge in [-0.1, -0.05) is 24.3 Å². The predicted molar refractivity (Wildman–Crippen MR) is 103 cm³/mol. The fourth-order valence-corrected chi connectivity index (χ4v) is 6.43. The first-order chi connectivity index (χ1) is 13.0. The van der Waals surface area contributed by atoms with E-state index in [1.807, 2.05) is 24.3 Å². The first kappa shape index (κ1) is 18.1. The smallest absolute Gasteiger partial charge is 0.339 e. The number of sulfonamides is 1. The molecule has 0 aliphatic carbocycles. The molecule has 1 aromatic heterocycles. The molecule has 0 spiro atoms. The number of thiazole rings is 1. The number of para-hydroxylation sites is 1. The summed E-state index contributed by atoms with van der Waals surface area (Å²) in [5, 5.41) is 0.785. The molecule has 0 radical (unpaired) electrons. The van der Waals surface area contributed by atoms with Crippen molar-refractivity contribution in [1.82, 2.24) is 9.29 Å². The Morgan fingerprint density at radius 1 is 1.19 bits per heavy atom. The van der Waals surface area contributed by atoms with Crippen LogP contribution in [0.3, 0.4) is 0 Å². The number of rotatable bonds is 4. The van der Waals surface area contributed by atoms with Crippen LogP contribution in [-0.4, -0.2) is 37.3 Å². The van der Waals surface area contributed by atoms with Gasteiger partial charge in [0.15, 0.2) is 0 Å². The summed E-state index contributed by atoms with van der Waals surface area (Å²) in [6.45, 7) is 0.401. The van der Waals surface area contributed by atoms with Gasteiger partial charge in [-0.15, -0.1) is 11.3 Å². The van der Waals surface area contributed by atoms with E-state index in [1.165, 1.54) is 34.9 Å². The van der Waals surface area contributed by atoms with Gasteiger partial charge in [-0.05, 0) is 37.1 Å². The van der Waals surface area contributed by atoms with E-state index in [0.717, 1.165) is 21.6 Å². The quantitative estimate of drug-likeness (QED) is 0.623. The van der Waals surface area contributed by atoms with Crippen molar-refractivity contribution in [2.75, 3.05) is 13.7 Å². The lowest BCUT2D eigenvalue weighted by molar-refractivity contribution is 0.0596. The number of benzene rings is 2. The highest BCUT2D eigenvalue weighted by molar-refractivity contribution is 7.89. The van der Waals surface area contributed by atoms with E-state index in [2.05, 4.69) is 4.98 Å². The molecule has 1 aliphatic rings. The minimum Gasteiger partial charge on any atom is -0.465 e. The molecule has 140 valence electrons. The zero-order chi connectivity index (χ0) is 19.0. The topological polar surface area (TPSA) is 76.6 Å². The first-order valence-electron chi connectivity index (χ1n) is 8.57. The van der Waals surface area contributed by atoms with E-state index in [-0.39, 0.29) is 16.5 Å². The van der Waals surface area contributed by atoms with E-state index in [9.17, 15) is 13.2 Å². The van der Waals surface area contributed by atoms with Crippen LogP contribution in [0.25, 0.3) is 10.2 Å². The van der Waals surface area contributed by atoms with Gasteiger partial charge in [0, 0.05) is 6.54 Å². The Labute approximate surface area is 161 Å². The van der Waals surface area contributed by atoms with Gasteiger partial charge in [-0.25, -0.2) is 18.2 Å². The third-order valence-electron chi connectivity index (χ3n) is 4.68. The summed E-state index contributed by atoms with van der Waals surface area (Å²) in [5.41, 5.74) is 0.923. The average molecular weight is 402 g/mol. The third-order valence-corrected chi connectivity index (χ3v) is 7.78. The highest BCUT2D eigenvalue weighted by atomic mass is 32.2. The van der Waals surface area contributed by atoms with Crippen LogP contribution in [0.5, 0.6) is 0 Å². The van der Waals surface area contributed by atoms with Crippen LogP contribution in [0.4, 0.5) is 0 Å². The van der Waals surface area contributed by atoms with Crippen molar-refractivity contribution >= 4 is 37.5 Å². The van der Waals surface area contributed by atoms with Crippen LogP contribution in [0, 0.1) is 0 Å². The van der Waals surface area contributed by atoms with Crippen LogP contribution in [0.1, 0.15) is 34.2 Å². The lowest BCUT2D eigenvalue weighted by atomic mass is 10.2. The van der Waals surface area contributed by atoms with Gasteiger partial charge in [-0.2, -0.15) is 4.31 Å². The van der Waals surface area contributed by atoms with Gasteiger partial charge in [0.05, 0.1) is 33.8 Å². The van der Waals surface area contributed by atoms with Crippen molar-refractivity contribution in [1.29, 1.82) is 0 Å². The second kappa shape index (κ2) is 7.03. The average Bonchev–Trinajstić information content (AvgIpc) is 3.34. The minimum absolute atomic E-state index is 0.0233. The van der Waals surface area contributed by atoms with E-state index in [1.54, 1.807) is 12.1 Å². The molecule has 0 N–H and O–H groups in total. The molecule has 4 rings (SSSR count). The van der Waals surface area contributed by atoms with Crippen molar-refractivity contribution in [2.24, 2.45) is 0 Å². The van der Waals surface area contributed by atoms with Gasteiger partial charge < -0.3 is 4.74 Å². The van der Waals surface area contributed by atoms with Gasteiger partial charge in [0.25, 0.3) is 0 Å². The third kappa shape index (κ3) is 3.13. The maximum Gasteiger partial charge on any atom is 0.339 e. The van der Waals surface area contributed by atoms with Gasteiger partial charge in [0.2, 0.25) is 10.0 Å². The van der Waals surface area contributed by atoms with Crippen molar-refractivity contribution in [3.05, 3.63) is 59.1 Å². The molecule has 8 heteroatoms. The van der Waals surface area contributed by atoms with Crippen LogP contribution in [0.2, 0.25) is 0 Å². The number of carbonyl (C=O) groups excluding carboxylic acids is 1. The molecule has 1 atom stereocenters. The van der Waals surface area contributed by atoms with E-state index < -0.39 is 16.0 Å². The van der Waals surface area contributed by atoms with Crippen LogP contribution < -0.4 is 0 Å². The Balaban J connectivity index is 1.76. The largest absolute Gasteiger partial charge is 0.465 e. The van der Waals surface area contributed by atoms with E-state index in [4.69, 9.17) is 4.74 Å². The highest BCUT2D eigenvalue weighted by Gasteiger charge is 2.39. The fraction of sp³-hybridized carbons (Fsp3) is 0.263. The summed E-state index contributed by atoms with van der Waals surface area (Å²) in [6, 6.07) is 13.6. The van der Waals surface area contributed by atoms with Gasteiger partial charge in [-0.3, -0.25) is 0 Å². The highest BCUT2D eigenvalue weighted by Crippen LogP contribution is 2.40. The molecular formula is C19H18N2O4S2. The Hall–Kier alpha value is -2.29. The van der Waals surface area contributed by atoms with Crippen LogP contribution >= 0.6 is 11.3 Å². The minimum atomic E-state index is -3.86. The second-order valence-corrected chi connectivity index (χ2v) is 9.20. The number of carbonyl (C=O) groups is 1. The Morgan fingerprint density at radius 2 is 1.93 bits per heavy atom. The molecule has 1 fully saturated rings. The number of hydrogen-bond acceptors (Lipinski definition) is 6. The van der Waals surface area contributed by atoms with Crippen molar-refractivity contribution in [3.63, 3.8) is 0 Å². The number of methoxy groups -OCH3 is 1. The van der Waals surface area contributed by atoms with Crippen molar-refractivity contribution in [2.45, 2.75) is 23.8 Å². The molecule has 0 bridgehead atoms. The molecule has 0 saturated carbocycles. The van der Waals surface area contributed by atoms with Crippen LogP contribution in [0.15, 0.2) is 53.4 Å². The molecule has 1 saturated heterocycles. The normalized spacial score (nSPS) is 18.0. The molecule has 0 amide bonds. The summed E-state index contributed by atoms with van der Waals surface area (Å²) in [4.78, 5) is 16.7. The van der Waals surface area contributed by atoms with Crippen molar-refractivity contribution in [3.8, 4) is 0 Å². The molecule has 6 nitrogen and oxygen atoms in total. The molecule has 27 heavy (non-hydrogen) atoms. The monoisotopic (exact) mass is 402 g/mol. The lowest BCUT2D eigenvalue weighted by Crippen LogP contribution is -2.31.